The molecule has 7 nitrogen and oxygen atoms in total. The van der Waals surface area contributed by atoms with E-state index in [1.807, 2.05) is 13.8 Å². The second kappa shape index (κ2) is 8.16. The van der Waals surface area contributed by atoms with Crippen LogP contribution in [0.4, 0.5) is 5.69 Å². The Kier molecular flexibility index (Phi) is 6.04. The average molecular weight is 424 g/mol. The molecule has 0 radical (unpaired) electrons. The van der Waals surface area contributed by atoms with E-state index in [2.05, 4.69) is 10.3 Å². The molecule has 1 amide bonds. The largest absolute Gasteiger partial charge is 0.373 e. The van der Waals surface area contributed by atoms with Gasteiger partial charge in [0.1, 0.15) is 0 Å². The molecule has 1 N–H and O–H groups in total. The van der Waals surface area contributed by atoms with E-state index in [-0.39, 0.29) is 40.9 Å². The van der Waals surface area contributed by atoms with Crippen molar-refractivity contribution < 1.29 is 17.9 Å². The molecule has 3 rings (SSSR count). The van der Waals surface area contributed by atoms with Crippen LogP contribution in [0, 0.1) is 6.92 Å². The van der Waals surface area contributed by atoms with Crippen LogP contribution in [0.2, 0.25) is 5.15 Å². The number of carbonyl (C=O) groups excluding carboxylic acids is 1. The third-order valence-electron chi connectivity index (χ3n) is 4.47. The van der Waals surface area contributed by atoms with Gasteiger partial charge in [-0.2, -0.15) is 4.31 Å². The van der Waals surface area contributed by atoms with Crippen LogP contribution in [0.1, 0.15) is 29.8 Å². The van der Waals surface area contributed by atoms with E-state index in [9.17, 15) is 13.2 Å². The molecule has 28 heavy (non-hydrogen) atoms. The number of ether oxygens (including phenoxy) is 1. The summed E-state index contributed by atoms with van der Waals surface area (Å²) in [5.41, 5.74) is 1.38. The SMILES string of the molecule is Cc1ccnc(Cl)c1NC(=O)c1cccc(S(=O)(=O)N2C[C@@H](C)O[C@H](C)C2)c1. The lowest BCUT2D eigenvalue weighted by atomic mass is 10.2. The number of hydrogen-bond donors (Lipinski definition) is 1. The van der Waals surface area contributed by atoms with Crippen molar-refractivity contribution in [3.05, 3.63) is 52.8 Å². The Morgan fingerprint density at radius 3 is 2.57 bits per heavy atom. The van der Waals surface area contributed by atoms with Gasteiger partial charge < -0.3 is 10.1 Å². The zero-order valence-corrected chi connectivity index (χ0v) is 17.4. The molecule has 1 saturated heterocycles. The molecule has 0 spiro atoms. The molecule has 0 aliphatic carbocycles. The maximum Gasteiger partial charge on any atom is 0.255 e. The molecular weight excluding hydrogens is 402 g/mol. The Morgan fingerprint density at radius 1 is 1.25 bits per heavy atom. The minimum Gasteiger partial charge on any atom is -0.373 e. The molecule has 150 valence electrons. The first-order valence-corrected chi connectivity index (χ1v) is 10.7. The summed E-state index contributed by atoms with van der Waals surface area (Å²) < 4.78 is 33.1. The Bertz CT molecular complexity index is 966. The van der Waals surface area contributed by atoms with Gasteiger partial charge in [-0.3, -0.25) is 4.79 Å². The number of nitrogens with one attached hydrogen (secondary N) is 1. The Morgan fingerprint density at radius 2 is 1.93 bits per heavy atom. The number of aryl methyl sites for hydroxylation is 1. The standard InChI is InChI=1S/C19H22ClN3O4S/c1-12-7-8-21-18(20)17(12)22-19(24)15-5-4-6-16(9-15)28(25,26)23-10-13(2)27-14(3)11-23/h4-9,13-14H,10-11H2,1-3H3,(H,22,24)/t13-,14-/m1/s1. The number of carbonyl (C=O) groups is 1. The number of amides is 1. The molecule has 1 aliphatic rings. The molecule has 1 aliphatic heterocycles. The first kappa shape index (κ1) is 20.7. The van der Waals surface area contributed by atoms with Crippen molar-refractivity contribution in [2.24, 2.45) is 0 Å². The summed E-state index contributed by atoms with van der Waals surface area (Å²) in [5, 5.41) is 2.88. The highest BCUT2D eigenvalue weighted by atomic mass is 35.5. The van der Waals surface area contributed by atoms with E-state index in [1.54, 1.807) is 31.3 Å². The monoisotopic (exact) mass is 423 g/mol. The molecule has 2 atom stereocenters. The van der Waals surface area contributed by atoms with E-state index in [4.69, 9.17) is 16.3 Å². The van der Waals surface area contributed by atoms with Crippen LogP contribution in [0.5, 0.6) is 0 Å². The van der Waals surface area contributed by atoms with Gasteiger partial charge in [-0.25, -0.2) is 13.4 Å². The quantitative estimate of drug-likeness (QED) is 0.763. The van der Waals surface area contributed by atoms with Crippen LogP contribution in [0.15, 0.2) is 41.4 Å². The number of morpholine rings is 1. The summed E-state index contributed by atoms with van der Waals surface area (Å²) in [6, 6.07) is 7.68. The summed E-state index contributed by atoms with van der Waals surface area (Å²) in [6.07, 6.45) is 1.16. The summed E-state index contributed by atoms with van der Waals surface area (Å²) in [4.78, 5) is 16.7. The normalized spacial score (nSPS) is 20.7. The summed E-state index contributed by atoms with van der Waals surface area (Å²) in [7, 11) is -3.74. The summed E-state index contributed by atoms with van der Waals surface area (Å²) in [6.45, 7) is 6.01. The fourth-order valence-electron chi connectivity index (χ4n) is 3.13. The molecule has 1 aromatic heterocycles. The van der Waals surface area contributed by atoms with Crippen molar-refractivity contribution in [3.8, 4) is 0 Å². The number of sulfonamides is 1. The maximum atomic E-state index is 13.0. The Hall–Kier alpha value is -2.00. The molecular formula is C19H22ClN3O4S. The minimum absolute atomic E-state index is 0.0652. The summed E-state index contributed by atoms with van der Waals surface area (Å²) >= 11 is 6.05. The van der Waals surface area contributed by atoms with Gasteiger partial charge in [-0.05, 0) is 50.6 Å². The van der Waals surface area contributed by atoms with Crippen LogP contribution >= 0.6 is 11.6 Å². The van der Waals surface area contributed by atoms with E-state index in [1.165, 1.54) is 16.4 Å². The number of rotatable bonds is 4. The molecule has 0 saturated carbocycles. The van der Waals surface area contributed by atoms with Crippen molar-refractivity contribution in [3.63, 3.8) is 0 Å². The zero-order chi connectivity index (χ0) is 20.5. The molecule has 0 unspecified atom stereocenters. The number of anilines is 1. The van der Waals surface area contributed by atoms with Gasteiger partial charge in [-0.15, -0.1) is 0 Å². The van der Waals surface area contributed by atoms with Gasteiger partial charge in [0.15, 0.2) is 5.15 Å². The molecule has 2 heterocycles. The summed E-state index contributed by atoms with van der Waals surface area (Å²) in [5.74, 6) is -0.459. The lowest BCUT2D eigenvalue weighted by Gasteiger charge is -2.34. The fourth-order valence-corrected chi connectivity index (χ4v) is 5.02. The first-order chi connectivity index (χ1) is 13.2. The van der Waals surface area contributed by atoms with Crippen LogP contribution in [-0.4, -0.2) is 48.9 Å². The highest BCUT2D eigenvalue weighted by molar-refractivity contribution is 7.89. The smallest absolute Gasteiger partial charge is 0.255 e. The number of hydrogen-bond acceptors (Lipinski definition) is 5. The van der Waals surface area contributed by atoms with Crippen molar-refractivity contribution in [2.75, 3.05) is 18.4 Å². The number of pyridine rings is 1. The van der Waals surface area contributed by atoms with Gasteiger partial charge in [-0.1, -0.05) is 17.7 Å². The predicted octanol–water partition coefficient (Wildman–Crippen LogP) is 3.09. The van der Waals surface area contributed by atoms with Crippen LogP contribution in [0.25, 0.3) is 0 Å². The second-order valence-corrected chi connectivity index (χ2v) is 9.15. The topological polar surface area (TPSA) is 88.6 Å². The van der Waals surface area contributed by atoms with E-state index in [0.717, 1.165) is 5.56 Å². The van der Waals surface area contributed by atoms with Crippen molar-refractivity contribution in [1.82, 2.24) is 9.29 Å². The van der Waals surface area contributed by atoms with E-state index in [0.29, 0.717) is 5.69 Å². The van der Waals surface area contributed by atoms with Crippen LogP contribution in [0.3, 0.4) is 0 Å². The van der Waals surface area contributed by atoms with Gasteiger partial charge in [0.2, 0.25) is 10.0 Å². The third kappa shape index (κ3) is 4.35. The highest BCUT2D eigenvalue weighted by Gasteiger charge is 2.32. The lowest BCUT2D eigenvalue weighted by Crippen LogP contribution is -2.48. The molecule has 2 aromatic rings. The average Bonchev–Trinajstić information content (AvgIpc) is 2.64. The molecule has 0 bridgehead atoms. The van der Waals surface area contributed by atoms with Crippen molar-refractivity contribution in [2.45, 2.75) is 37.9 Å². The maximum absolute atomic E-state index is 13.0. The molecule has 1 aromatic carbocycles. The Labute approximate surface area is 169 Å². The van der Waals surface area contributed by atoms with E-state index < -0.39 is 15.9 Å². The second-order valence-electron chi connectivity index (χ2n) is 6.85. The van der Waals surface area contributed by atoms with Gasteiger partial charge in [0.25, 0.3) is 5.91 Å². The van der Waals surface area contributed by atoms with E-state index >= 15 is 0 Å². The number of aromatic nitrogens is 1. The number of halogens is 1. The first-order valence-electron chi connectivity index (χ1n) is 8.86. The number of nitrogens with zero attached hydrogens (tertiary/aromatic N) is 2. The number of benzene rings is 1. The lowest BCUT2D eigenvalue weighted by molar-refractivity contribution is -0.0440. The zero-order valence-electron chi connectivity index (χ0n) is 15.8. The fraction of sp³-hybridized carbons (Fsp3) is 0.368. The third-order valence-corrected chi connectivity index (χ3v) is 6.59. The Balaban J connectivity index is 1.86. The van der Waals surface area contributed by atoms with Crippen LogP contribution in [-0.2, 0) is 14.8 Å². The highest BCUT2D eigenvalue weighted by Crippen LogP contribution is 2.25. The predicted molar refractivity (Wildman–Crippen MR) is 107 cm³/mol. The van der Waals surface area contributed by atoms with Crippen molar-refractivity contribution in [1.29, 1.82) is 0 Å². The van der Waals surface area contributed by atoms with Crippen molar-refractivity contribution >= 4 is 33.2 Å². The van der Waals surface area contributed by atoms with Gasteiger partial charge in [0.05, 0.1) is 22.8 Å². The van der Waals surface area contributed by atoms with Gasteiger partial charge >= 0.3 is 0 Å². The minimum atomic E-state index is -3.74. The molecule has 9 heteroatoms. The molecule has 1 fully saturated rings. The van der Waals surface area contributed by atoms with Crippen LogP contribution < -0.4 is 5.32 Å². The van der Waals surface area contributed by atoms with Gasteiger partial charge in [0, 0.05) is 24.8 Å².